The van der Waals surface area contributed by atoms with E-state index in [0.29, 0.717) is 35.4 Å². The molecular formula is C24H29N5O3S. The Bertz CT molecular complexity index is 1250. The summed E-state index contributed by atoms with van der Waals surface area (Å²) >= 11 is 0. The van der Waals surface area contributed by atoms with Crippen LogP contribution in [-0.2, 0) is 14.8 Å². The molecule has 4 rings (SSSR count). The van der Waals surface area contributed by atoms with Crippen LogP contribution in [0.5, 0.6) is 0 Å². The van der Waals surface area contributed by atoms with E-state index in [1.165, 1.54) is 0 Å². The molecule has 9 heteroatoms. The Hall–Kier alpha value is -3.17. The highest BCUT2D eigenvalue weighted by Gasteiger charge is 2.18. The Balaban J connectivity index is 1.49. The summed E-state index contributed by atoms with van der Waals surface area (Å²) in [6.07, 6.45) is 0. The van der Waals surface area contributed by atoms with Crippen molar-refractivity contribution in [2.75, 3.05) is 41.2 Å². The zero-order valence-electron chi connectivity index (χ0n) is 19.3. The number of aromatic nitrogens is 2. The van der Waals surface area contributed by atoms with Crippen molar-refractivity contribution in [2.45, 2.75) is 32.6 Å². The van der Waals surface area contributed by atoms with Crippen LogP contribution in [0.15, 0.2) is 47.4 Å². The van der Waals surface area contributed by atoms with Gasteiger partial charge in [0.15, 0.2) is 0 Å². The maximum absolute atomic E-state index is 12.9. The SMILES string of the molecule is Cc1nc(Nc2ccc(NS(=O)(=O)c3cc(C)c(C)cc3C)cc2)cc(N2CCOCC2)n1. The second-order valence-electron chi connectivity index (χ2n) is 8.27. The topological polar surface area (TPSA) is 96.5 Å². The lowest BCUT2D eigenvalue weighted by Gasteiger charge is -2.28. The van der Waals surface area contributed by atoms with E-state index in [-0.39, 0.29) is 0 Å². The number of aryl methyl sites for hydroxylation is 4. The fourth-order valence-electron chi connectivity index (χ4n) is 3.77. The molecule has 0 radical (unpaired) electrons. The summed E-state index contributed by atoms with van der Waals surface area (Å²) in [5, 5.41) is 3.28. The van der Waals surface area contributed by atoms with Gasteiger partial charge in [0, 0.05) is 30.5 Å². The molecule has 2 aromatic carbocycles. The van der Waals surface area contributed by atoms with Crippen LogP contribution in [-0.4, -0.2) is 44.7 Å². The largest absolute Gasteiger partial charge is 0.378 e. The van der Waals surface area contributed by atoms with Crippen molar-refractivity contribution in [1.82, 2.24) is 9.97 Å². The van der Waals surface area contributed by atoms with Gasteiger partial charge < -0.3 is 15.0 Å². The lowest BCUT2D eigenvalue weighted by molar-refractivity contribution is 0.122. The van der Waals surface area contributed by atoms with Gasteiger partial charge in [0.05, 0.1) is 18.1 Å². The van der Waals surface area contributed by atoms with Gasteiger partial charge in [-0.3, -0.25) is 4.72 Å². The van der Waals surface area contributed by atoms with Crippen molar-refractivity contribution in [3.05, 3.63) is 65.0 Å². The van der Waals surface area contributed by atoms with E-state index in [0.717, 1.165) is 41.3 Å². The smallest absolute Gasteiger partial charge is 0.262 e. The van der Waals surface area contributed by atoms with Crippen molar-refractivity contribution in [3.63, 3.8) is 0 Å². The number of morpholine rings is 1. The highest BCUT2D eigenvalue weighted by Crippen LogP contribution is 2.25. The van der Waals surface area contributed by atoms with E-state index in [2.05, 4.69) is 24.9 Å². The zero-order chi connectivity index (χ0) is 23.6. The molecule has 3 aromatic rings. The standard InChI is InChI=1S/C24H29N5O3S/c1-16-13-18(3)22(14-17(16)2)33(30,31)28-21-7-5-20(6-8-21)27-23-15-24(26-19(4)25-23)29-9-11-32-12-10-29/h5-8,13-15,28H,9-12H2,1-4H3,(H,25,26,27). The average molecular weight is 468 g/mol. The van der Waals surface area contributed by atoms with Crippen molar-refractivity contribution < 1.29 is 13.2 Å². The molecule has 1 aliphatic rings. The summed E-state index contributed by atoms with van der Waals surface area (Å²) in [5.41, 5.74) is 4.02. The number of hydrogen-bond donors (Lipinski definition) is 2. The minimum atomic E-state index is -3.69. The maximum Gasteiger partial charge on any atom is 0.262 e. The molecule has 0 atom stereocenters. The number of ether oxygens (including phenoxy) is 1. The van der Waals surface area contributed by atoms with Crippen LogP contribution in [0.3, 0.4) is 0 Å². The summed E-state index contributed by atoms with van der Waals surface area (Å²) in [6.45, 7) is 10.5. The van der Waals surface area contributed by atoms with E-state index >= 15 is 0 Å². The predicted octanol–water partition coefficient (Wildman–Crippen LogP) is 4.09. The molecule has 1 aliphatic heterocycles. The van der Waals surface area contributed by atoms with Gasteiger partial charge in [0.1, 0.15) is 17.5 Å². The van der Waals surface area contributed by atoms with E-state index in [1.54, 1.807) is 18.2 Å². The van der Waals surface area contributed by atoms with Gasteiger partial charge in [0.25, 0.3) is 10.0 Å². The third-order valence-electron chi connectivity index (χ3n) is 5.65. The first-order valence-electron chi connectivity index (χ1n) is 10.9. The first kappa shape index (κ1) is 23.0. The van der Waals surface area contributed by atoms with Crippen molar-refractivity contribution in [3.8, 4) is 0 Å². The van der Waals surface area contributed by atoms with Crippen molar-refractivity contribution in [2.24, 2.45) is 0 Å². The summed E-state index contributed by atoms with van der Waals surface area (Å²) in [6, 6.07) is 12.6. The number of rotatable bonds is 6. The number of hydrogen-bond acceptors (Lipinski definition) is 7. The monoisotopic (exact) mass is 467 g/mol. The number of nitrogens with one attached hydrogen (secondary N) is 2. The molecule has 1 saturated heterocycles. The summed E-state index contributed by atoms with van der Waals surface area (Å²) in [7, 11) is -3.69. The Morgan fingerprint density at radius 1 is 0.848 bits per heavy atom. The Morgan fingerprint density at radius 2 is 1.48 bits per heavy atom. The van der Waals surface area contributed by atoms with E-state index in [1.807, 2.05) is 52.0 Å². The summed E-state index contributed by atoms with van der Waals surface area (Å²) in [5.74, 6) is 2.22. The molecule has 0 amide bonds. The van der Waals surface area contributed by atoms with Gasteiger partial charge in [-0.25, -0.2) is 18.4 Å². The molecule has 1 aromatic heterocycles. The quantitative estimate of drug-likeness (QED) is 0.564. The van der Waals surface area contributed by atoms with Gasteiger partial charge in [0.2, 0.25) is 0 Å². The number of sulfonamides is 1. The van der Waals surface area contributed by atoms with E-state index in [9.17, 15) is 8.42 Å². The molecule has 0 spiro atoms. The summed E-state index contributed by atoms with van der Waals surface area (Å²) < 4.78 is 34.0. The third-order valence-corrected chi connectivity index (χ3v) is 7.17. The highest BCUT2D eigenvalue weighted by atomic mass is 32.2. The first-order valence-corrected chi connectivity index (χ1v) is 12.4. The van der Waals surface area contributed by atoms with E-state index in [4.69, 9.17) is 4.74 Å². The summed E-state index contributed by atoms with van der Waals surface area (Å²) in [4.78, 5) is 11.5. The third kappa shape index (κ3) is 5.43. The van der Waals surface area contributed by atoms with Crippen molar-refractivity contribution in [1.29, 1.82) is 0 Å². The fourth-order valence-corrected chi connectivity index (χ4v) is 5.14. The highest BCUT2D eigenvalue weighted by molar-refractivity contribution is 7.92. The average Bonchev–Trinajstić information content (AvgIpc) is 2.77. The second kappa shape index (κ2) is 9.36. The molecule has 2 heterocycles. The Morgan fingerprint density at radius 3 is 2.18 bits per heavy atom. The minimum Gasteiger partial charge on any atom is -0.378 e. The minimum absolute atomic E-state index is 0.292. The van der Waals surface area contributed by atoms with Gasteiger partial charge in [-0.1, -0.05) is 6.07 Å². The van der Waals surface area contributed by atoms with Gasteiger partial charge in [-0.2, -0.15) is 0 Å². The molecule has 0 aliphatic carbocycles. The molecule has 0 unspecified atom stereocenters. The van der Waals surface area contributed by atoms with Crippen LogP contribution in [0.1, 0.15) is 22.5 Å². The Labute approximate surface area is 195 Å². The molecule has 8 nitrogen and oxygen atoms in total. The fraction of sp³-hybridized carbons (Fsp3) is 0.333. The zero-order valence-corrected chi connectivity index (χ0v) is 20.2. The normalized spacial score (nSPS) is 14.2. The molecule has 2 N–H and O–H groups in total. The van der Waals surface area contributed by atoms with Crippen LogP contribution < -0.4 is 14.9 Å². The predicted molar refractivity (Wildman–Crippen MR) is 131 cm³/mol. The van der Waals surface area contributed by atoms with Crippen LogP contribution in [0.25, 0.3) is 0 Å². The molecule has 0 bridgehead atoms. The molecule has 33 heavy (non-hydrogen) atoms. The second-order valence-corrected chi connectivity index (χ2v) is 9.92. The number of benzene rings is 2. The van der Waals surface area contributed by atoms with Crippen LogP contribution in [0.4, 0.5) is 23.0 Å². The van der Waals surface area contributed by atoms with Crippen LogP contribution in [0, 0.1) is 27.7 Å². The van der Waals surface area contributed by atoms with Crippen LogP contribution >= 0.6 is 0 Å². The first-order chi connectivity index (χ1) is 15.7. The molecule has 0 saturated carbocycles. The van der Waals surface area contributed by atoms with Crippen molar-refractivity contribution >= 4 is 33.0 Å². The Kier molecular flexibility index (Phi) is 6.53. The van der Waals surface area contributed by atoms with Gasteiger partial charge in [-0.15, -0.1) is 0 Å². The number of anilines is 4. The number of nitrogens with zero attached hydrogens (tertiary/aromatic N) is 3. The van der Waals surface area contributed by atoms with Crippen LogP contribution in [0.2, 0.25) is 0 Å². The molecular weight excluding hydrogens is 438 g/mol. The lowest BCUT2D eigenvalue weighted by Crippen LogP contribution is -2.36. The maximum atomic E-state index is 12.9. The lowest BCUT2D eigenvalue weighted by atomic mass is 10.1. The van der Waals surface area contributed by atoms with Gasteiger partial charge >= 0.3 is 0 Å². The molecule has 1 fully saturated rings. The molecule has 174 valence electrons. The van der Waals surface area contributed by atoms with Gasteiger partial charge in [-0.05, 0) is 74.7 Å². The van der Waals surface area contributed by atoms with E-state index < -0.39 is 10.0 Å².